The molecule has 7 heteroatoms. The molecule has 134 valence electrons. The summed E-state index contributed by atoms with van der Waals surface area (Å²) in [5.41, 5.74) is 2.18. The molecule has 7 nitrogen and oxygen atoms in total. The highest BCUT2D eigenvalue weighted by Crippen LogP contribution is 2.18. The van der Waals surface area contributed by atoms with Crippen molar-refractivity contribution in [2.45, 2.75) is 31.8 Å². The summed E-state index contributed by atoms with van der Waals surface area (Å²) in [5.74, 6) is 0.0698. The van der Waals surface area contributed by atoms with Crippen molar-refractivity contribution in [3.05, 3.63) is 23.8 Å². The summed E-state index contributed by atoms with van der Waals surface area (Å²) in [5, 5.41) is 10.7. The van der Waals surface area contributed by atoms with Gasteiger partial charge in [-0.15, -0.1) is 0 Å². The minimum atomic E-state index is 0.0698. The topological polar surface area (TPSA) is 74.3 Å². The number of piperidine rings is 1. The van der Waals surface area contributed by atoms with E-state index in [2.05, 4.69) is 20.3 Å². The molecule has 1 amide bonds. The molecule has 0 spiro atoms. The lowest BCUT2D eigenvalue weighted by molar-refractivity contribution is 0.00209. The zero-order valence-electron chi connectivity index (χ0n) is 14.5. The number of nitrogens with zero attached hydrogens (tertiary/aromatic N) is 4. The number of benzene rings is 1. The first-order chi connectivity index (χ1) is 12.3. The van der Waals surface area contributed by atoms with Crippen molar-refractivity contribution < 1.29 is 9.53 Å². The maximum Gasteiger partial charge on any atom is 0.253 e. The molecular formula is C18H25N5O2. The number of ether oxygens (including phenoxy) is 1. The molecule has 2 aliphatic heterocycles. The van der Waals surface area contributed by atoms with Crippen LogP contribution in [-0.2, 0) is 4.74 Å². The Hall–Kier alpha value is -1.99. The molecule has 2 fully saturated rings. The molecule has 1 aromatic heterocycles. The Labute approximate surface area is 147 Å². The summed E-state index contributed by atoms with van der Waals surface area (Å²) >= 11 is 0. The van der Waals surface area contributed by atoms with Crippen LogP contribution >= 0.6 is 0 Å². The normalized spacial score (nSPS) is 19.8. The summed E-state index contributed by atoms with van der Waals surface area (Å²) in [6.45, 7) is 5.78. The van der Waals surface area contributed by atoms with Crippen molar-refractivity contribution in [1.82, 2.24) is 25.2 Å². The van der Waals surface area contributed by atoms with Gasteiger partial charge < -0.3 is 14.5 Å². The Balaban J connectivity index is 1.25. The van der Waals surface area contributed by atoms with Gasteiger partial charge >= 0.3 is 0 Å². The van der Waals surface area contributed by atoms with Crippen LogP contribution in [0.2, 0.25) is 0 Å². The monoisotopic (exact) mass is 343 g/mol. The smallest absolute Gasteiger partial charge is 0.253 e. The number of amides is 1. The van der Waals surface area contributed by atoms with Gasteiger partial charge in [0.15, 0.2) is 0 Å². The number of carbonyl (C=O) groups is 1. The molecule has 25 heavy (non-hydrogen) atoms. The lowest BCUT2D eigenvalue weighted by atomic mass is 10.1. The quantitative estimate of drug-likeness (QED) is 0.894. The Kier molecular flexibility index (Phi) is 4.94. The van der Waals surface area contributed by atoms with E-state index in [1.165, 1.54) is 25.9 Å². The summed E-state index contributed by atoms with van der Waals surface area (Å²) in [7, 11) is 0. The van der Waals surface area contributed by atoms with Gasteiger partial charge in [-0.1, -0.05) is 0 Å². The van der Waals surface area contributed by atoms with Crippen molar-refractivity contribution in [1.29, 1.82) is 0 Å². The number of likely N-dealkylation sites (tertiary alicyclic amines) is 2. The van der Waals surface area contributed by atoms with Crippen LogP contribution in [0.5, 0.6) is 0 Å². The second-order valence-corrected chi connectivity index (χ2v) is 6.94. The van der Waals surface area contributed by atoms with Gasteiger partial charge in [0, 0.05) is 25.2 Å². The number of hydrogen-bond donors (Lipinski definition) is 1. The van der Waals surface area contributed by atoms with E-state index < -0.39 is 0 Å². The first kappa shape index (κ1) is 16.5. The number of H-pyrrole nitrogens is 1. The van der Waals surface area contributed by atoms with Crippen LogP contribution in [0.3, 0.4) is 0 Å². The van der Waals surface area contributed by atoms with Crippen molar-refractivity contribution in [2.75, 3.05) is 39.3 Å². The fraction of sp³-hybridized carbons (Fsp3) is 0.611. The van der Waals surface area contributed by atoms with Crippen molar-refractivity contribution in [2.24, 2.45) is 0 Å². The summed E-state index contributed by atoms with van der Waals surface area (Å²) in [6.07, 6.45) is 4.75. The van der Waals surface area contributed by atoms with Crippen molar-refractivity contribution in [3.63, 3.8) is 0 Å². The third-order valence-electron chi connectivity index (χ3n) is 5.25. The second kappa shape index (κ2) is 7.49. The highest BCUT2D eigenvalue weighted by molar-refractivity contribution is 5.97. The van der Waals surface area contributed by atoms with E-state index in [1.54, 1.807) is 6.07 Å². The minimum absolute atomic E-state index is 0.0698. The summed E-state index contributed by atoms with van der Waals surface area (Å²) in [6, 6.07) is 5.46. The minimum Gasteiger partial charge on any atom is -0.377 e. The standard InChI is InChI=1S/C18H25N5O2/c24-18(14-3-4-16-17(13-14)20-21-19-16)23-9-5-15(6-10-23)25-12-11-22-7-1-2-8-22/h3-4,13,15H,1-2,5-12H2,(H,19,20,21). The van der Waals surface area contributed by atoms with Crippen LogP contribution in [0.4, 0.5) is 0 Å². The molecule has 4 rings (SSSR count). The molecule has 1 N–H and O–H groups in total. The number of carbonyl (C=O) groups excluding carboxylic acids is 1. The van der Waals surface area contributed by atoms with Gasteiger partial charge in [-0.25, -0.2) is 0 Å². The van der Waals surface area contributed by atoms with Gasteiger partial charge in [-0.05, 0) is 57.0 Å². The molecule has 0 radical (unpaired) electrons. The van der Waals surface area contributed by atoms with E-state index in [9.17, 15) is 4.79 Å². The van der Waals surface area contributed by atoms with Gasteiger partial charge in [-0.3, -0.25) is 4.79 Å². The second-order valence-electron chi connectivity index (χ2n) is 6.94. The third kappa shape index (κ3) is 3.82. The lowest BCUT2D eigenvalue weighted by Crippen LogP contribution is -2.41. The number of aromatic nitrogens is 3. The van der Waals surface area contributed by atoms with Crippen molar-refractivity contribution >= 4 is 16.9 Å². The average molecular weight is 343 g/mol. The maximum absolute atomic E-state index is 12.7. The zero-order valence-corrected chi connectivity index (χ0v) is 14.5. The number of hydrogen-bond acceptors (Lipinski definition) is 5. The summed E-state index contributed by atoms with van der Waals surface area (Å²) < 4.78 is 6.02. The highest BCUT2D eigenvalue weighted by Gasteiger charge is 2.24. The average Bonchev–Trinajstić information content (AvgIpc) is 3.32. The lowest BCUT2D eigenvalue weighted by Gasteiger charge is -2.32. The third-order valence-corrected chi connectivity index (χ3v) is 5.25. The molecule has 2 saturated heterocycles. The molecule has 0 atom stereocenters. The molecule has 0 bridgehead atoms. The van der Waals surface area contributed by atoms with E-state index in [-0.39, 0.29) is 12.0 Å². The first-order valence-corrected chi connectivity index (χ1v) is 9.23. The number of aromatic amines is 1. The van der Waals surface area contributed by atoms with Crippen LogP contribution < -0.4 is 0 Å². The van der Waals surface area contributed by atoms with Crippen LogP contribution in [0.25, 0.3) is 11.0 Å². The largest absolute Gasteiger partial charge is 0.377 e. The van der Waals surface area contributed by atoms with E-state index in [4.69, 9.17) is 4.74 Å². The zero-order chi connectivity index (χ0) is 17.1. The first-order valence-electron chi connectivity index (χ1n) is 9.23. The number of rotatable bonds is 5. The summed E-state index contributed by atoms with van der Waals surface area (Å²) in [4.78, 5) is 17.1. The SMILES string of the molecule is O=C(c1ccc2n[nH]nc2c1)N1CCC(OCCN2CCCC2)CC1. The fourth-order valence-electron chi connectivity index (χ4n) is 3.74. The van der Waals surface area contributed by atoms with Crippen molar-refractivity contribution in [3.8, 4) is 0 Å². The van der Waals surface area contributed by atoms with E-state index in [0.717, 1.165) is 50.1 Å². The Bertz CT molecular complexity index is 717. The van der Waals surface area contributed by atoms with Gasteiger partial charge in [0.2, 0.25) is 0 Å². The Morgan fingerprint density at radius 3 is 2.68 bits per heavy atom. The van der Waals surface area contributed by atoms with E-state index >= 15 is 0 Å². The van der Waals surface area contributed by atoms with Gasteiger partial charge in [-0.2, -0.15) is 15.4 Å². The van der Waals surface area contributed by atoms with Crippen LogP contribution in [0.1, 0.15) is 36.0 Å². The van der Waals surface area contributed by atoms with E-state index in [0.29, 0.717) is 5.56 Å². The van der Waals surface area contributed by atoms with Crippen LogP contribution in [0.15, 0.2) is 18.2 Å². The number of nitrogens with one attached hydrogen (secondary N) is 1. The van der Waals surface area contributed by atoms with Gasteiger partial charge in [0.05, 0.1) is 12.7 Å². The van der Waals surface area contributed by atoms with Gasteiger partial charge in [0.1, 0.15) is 11.0 Å². The molecular weight excluding hydrogens is 318 g/mol. The van der Waals surface area contributed by atoms with Crippen LogP contribution in [-0.4, -0.2) is 76.6 Å². The Morgan fingerprint density at radius 1 is 1.12 bits per heavy atom. The molecule has 1 aromatic carbocycles. The van der Waals surface area contributed by atoms with E-state index in [1.807, 2.05) is 17.0 Å². The maximum atomic E-state index is 12.7. The predicted molar refractivity (Wildman–Crippen MR) is 94.4 cm³/mol. The molecule has 2 aromatic rings. The molecule has 0 saturated carbocycles. The molecule has 0 aliphatic carbocycles. The fourth-order valence-corrected chi connectivity index (χ4v) is 3.74. The highest BCUT2D eigenvalue weighted by atomic mass is 16.5. The number of fused-ring (bicyclic) bond motifs is 1. The van der Waals surface area contributed by atoms with Gasteiger partial charge in [0.25, 0.3) is 5.91 Å². The van der Waals surface area contributed by atoms with Crippen LogP contribution in [0, 0.1) is 0 Å². The molecule has 2 aliphatic rings. The molecule has 3 heterocycles. The Morgan fingerprint density at radius 2 is 1.88 bits per heavy atom. The predicted octanol–water partition coefficient (Wildman–Crippen LogP) is 1.67. The molecule has 0 unspecified atom stereocenters.